The molecule has 0 amide bonds. The maximum Gasteiger partial charge on any atom is 0.243 e. The second-order valence-electron chi connectivity index (χ2n) is 7.24. The van der Waals surface area contributed by atoms with Crippen molar-refractivity contribution < 1.29 is 8.42 Å². The van der Waals surface area contributed by atoms with Crippen LogP contribution in [0.5, 0.6) is 0 Å². The van der Waals surface area contributed by atoms with Crippen LogP contribution in [0.25, 0.3) is 0 Å². The molecular formula is C21H29N3O2S2. The second kappa shape index (κ2) is 9.20. The molecule has 1 aliphatic heterocycles. The first-order valence-electron chi connectivity index (χ1n) is 9.60. The van der Waals surface area contributed by atoms with Crippen LogP contribution in [0, 0.1) is 0 Å². The molecule has 0 radical (unpaired) electrons. The highest BCUT2D eigenvalue weighted by molar-refractivity contribution is 7.98. The van der Waals surface area contributed by atoms with E-state index in [1.165, 1.54) is 4.90 Å². The number of piperidine rings is 1. The number of sulfonamides is 1. The van der Waals surface area contributed by atoms with Crippen LogP contribution >= 0.6 is 11.8 Å². The number of nitrogens with zero attached hydrogens (tertiary/aromatic N) is 2. The molecule has 2 aromatic carbocycles. The minimum atomic E-state index is -3.45. The molecular weight excluding hydrogens is 390 g/mol. The smallest absolute Gasteiger partial charge is 0.243 e. The van der Waals surface area contributed by atoms with Crippen molar-refractivity contribution in [2.45, 2.75) is 35.6 Å². The van der Waals surface area contributed by atoms with Crippen molar-refractivity contribution in [3.63, 3.8) is 0 Å². The summed E-state index contributed by atoms with van der Waals surface area (Å²) in [5.41, 5.74) is 2.96. The lowest BCUT2D eigenvalue weighted by atomic mass is 10.2. The molecule has 7 heteroatoms. The Morgan fingerprint density at radius 1 is 1.04 bits per heavy atom. The van der Waals surface area contributed by atoms with E-state index in [2.05, 4.69) is 35.8 Å². The summed E-state index contributed by atoms with van der Waals surface area (Å²) in [7, 11) is 0.483. The Labute approximate surface area is 173 Å². The summed E-state index contributed by atoms with van der Waals surface area (Å²) in [4.78, 5) is 3.59. The van der Waals surface area contributed by atoms with E-state index in [1.54, 1.807) is 28.2 Å². The van der Waals surface area contributed by atoms with Crippen molar-refractivity contribution in [3.05, 3.63) is 48.0 Å². The molecule has 0 saturated carbocycles. The average Bonchev–Trinajstić information content (AvgIpc) is 2.73. The highest BCUT2D eigenvalue weighted by Gasteiger charge is 2.26. The number of anilines is 2. The Morgan fingerprint density at radius 3 is 2.32 bits per heavy atom. The largest absolute Gasteiger partial charge is 0.379 e. The van der Waals surface area contributed by atoms with Crippen molar-refractivity contribution in [2.75, 3.05) is 43.7 Å². The monoisotopic (exact) mass is 419 g/mol. The van der Waals surface area contributed by atoms with Gasteiger partial charge in [0.15, 0.2) is 0 Å². The minimum absolute atomic E-state index is 0.361. The first-order chi connectivity index (χ1) is 13.4. The molecule has 0 unspecified atom stereocenters. The van der Waals surface area contributed by atoms with Crippen LogP contribution < -0.4 is 10.2 Å². The molecule has 1 fully saturated rings. The average molecular weight is 420 g/mol. The van der Waals surface area contributed by atoms with Crippen LogP contribution in [0.3, 0.4) is 0 Å². The Morgan fingerprint density at radius 2 is 1.71 bits per heavy atom. The van der Waals surface area contributed by atoms with Crippen LogP contribution in [-0.4, -0.2) is 46.2 Å². The third-order valence-electron chi connectivity index (χ3n) is 5.04. The number of nitrogens with one attached hydrogen (secondary N) is 1. The van der Waals surface area contributed by atoms with Gasteiger partial charge in [-0.1, -0.05) is 18.6 Å². The van der Waals surface area contributed by atoms with E-state index < -0.39 is 10.0 Å². The summed E-state index contributed by atoms with van der Waals surface area (Å²) >= 11 is 1.72. The molecule has 1 aliphatic rings. The Kier molecular flexibility index (Phi) is 6.91. The van der Waals surface area contributed by atoms with Crippen molar-refractivity contribution in [2.24, 2.45) is 0 Å². The third kappa shape index (κ3) is 4.82. The van der Waals surface area contributed by atoms with Gasteiger partial charge >= 0.3 is 0 Å². The zero-order valence-corrected chi connectivity index (χ0v) is 18.4. The summed E-state index contributed by atoms with van der Waals surface area (Å²) in [5, 5.41) is 3.43. The fraction of sp³-hybridized carbons (Fsp3) is 0.429. The molecule has 0 spiro atoms. The molecule has 2 aromatic rings. The van der Waals surface area contributed by atoms with Gasteiger partial charge in [0.05, 0.1) is 16.3 Å². The van der Waals surface area contributed by atoms with Gasteiger partial charge in [-0.25, -0.2) is 8.42 Å². The number of hydrogen-bond donors (Lipinski definition) is 1. The van der Waals surface area contributed by atoms with E-state index >= 15 is 0 Å². The molecule has 0 bridgehead atoms. The molecule has 1 N–H and O–H groups in total. The van der Waals surface area contributed by atoms with Gasteiger partial charge < -0.3 is 10.2 Å². The van der Waals surface area contributed by atoms with Crippen LogP contribution in [0.1, 0.15) is 24.8 Å². The number of benzene rings is 2. The molecule has 1 saturated heterocycles. The lowest BCUT2D eigenvalue weighted by molar-refractivity contribution is 0.346. The zero-order chi connectivity index (χ0) is 20.1. The van der Waals surface area contributed by atoms with Crippen LogP contribution in [0.2, 0.25) is 0 Å². The molecule has 0 atom stereocenters. The standard InChI is InChI=1S/C21H29N3O2S2/c1-23(2)21-12-11-19(28(25,26)24-13-5-4-6-14-24)15-20(21)22-16-17-7-9-18(27-3)10-8-17/h7-12,15,22H,4-6,13-14,16H2,1-3H3. The van der Waals surface area contributed by atoms with E-state index in [1.807, 2.05) is 25.1 Å². The van der Waals surface area contributed by atoms with E-state index in [4.69, 9.17) is 0 Å². The van der Waals surface area contributed by atoms with Gasteiger partial charge in [-0.2, -0.15) is 4.31 Å². The van der Waals surface area contributed by atoms with Gasteiger partial charge in [0.2, 0.25) is 10.0 Å². The first-order valence-corrected chi connectivity index (χ1v) is 12.3. The van der Waals surface area contributed by atoms with Crippen molar-refractivity contribution in [1.29, 1.82) is 0 Å². The van der Waals surface area contributed by atoms with Gasteiger partial charge in [-0.05, 0) is 55.0 Å². The zero-order valence-electron chi connectivity index (χ0n) is 16.8. The van der Waals surface area contributed by atoms with Gasteiger partial charge in [0.25, 0.3) is 0 Å². The molecule has 152 valence electrons. The molecule has 1 heterocycles. The van der Waals surface area contributed by atoms with Crippen molar-refractivity contribution in [3.8, 4) is 0 Å². The van der Waals surface area contributed by atoms with Crippen molar-refractivity contribution >= 4 is 33.2 Å². The topological polar surface area (TPSA) is 52.7 Å². The Balaban J connectivity index is 1.84. The maximum atomic E-state index is 13.0. The Hall–Kier alpha value is -1.70. The molecule has 3 rings (SSSR count). The van der Waals surface area contributed by atoms with Crippen LogP contribution in [0.4, 0.5) is 11.4 Å². The predicted octanol–water partition coefficient (Wildman–Crippen LogP) is 4.26. The van der Waals surface area contributed by atoms with E-state index in [0.717, 1.165) is 36.2 Å². The maximum absolute atomic E-state index is 13.0. The number of rotatable bonds is 7. The van der Waals surface area contributed by atoms with Crippen molar-refractivity contribution in [1.82, 2.24) is 4.31 Å². The fourth-order valence-electron chi connectivity index (χ4n) is 3.40. The third-order valence-corrected chi connectivity index (χ3v) is 7.68. The van der Waals surface area contributed by atoms with Gasteiger partial charge in [0, 0.05) is 38.6 Å². The molecule has 28 heavy (non-hydrogen) atoms. The van der Waals surface area contributed by atoms with E-state index in [0.29, 0.717) is 24.5 Å². The van der Waals surface area contributed by atoms with Gasteiger partial charge in [-0.3, -0.25) is 0 Å². The van der Waals surface area contributed by atoms with Crippen LogP contribution in [0.15, 0.2) is 52.3 Å². The van der Waals surface area contributed by atoms with E-state index in [-0.39, 0.29) is 0 Å². The minimum Gasteiger partial charge on any atom is -0.379 e. The highest BCUT2D eigenvalue weighted by Crippen LogP contribution is 2.30. The second-order valence-corrected chi connectivity index (χ2v) is 10.1. The summed E-state index contributed by atoms with van der Waals surface area (Å²) in [6.45, 7) is 1.87. The quantitative estimate of drug-likeness (QED) is 0.680. The normalized spacial score (nSPS) is 15.4. The first kappa shape index (κ1) is 21.0. The Bertz CT molecular complexity index is 890. The molecule has 5 nitrogen and oxygen atoms in total. The summed E-state index contributed by atoms with van der Waals surface area (Å²) in [6.07, 6.45) is 5.04. The summed E-state index contributed by atoms with van der Waals surface area (Å²) in [6, 6.07) is 13.8. The molecule has 0 aromatic heterocycles. The van der Waals surface area contributed by atoms with E-state index in [9.17, 15) is 8.42 Å². The highest BCUT2D eigenvalue weighted by atomic mass is 32.2. The lowest BCUT2D eigenvalue weighted by Crippen LogP contribution is -2.35. The summed E-state index contributed by atoms with van der Waals surface area (Å²) in [5.74, 6) is 0. The van der Waals surface area contributed by atoms with Crippen LogP contribution in [-0.2, 0) is 16.6 Å². The molecule has 0 aliphatic carbocycles. The number of thioether (sulfide) groups is 1. The predicted molar refractivity (Wildman–Crippen MR) is 119 cm³/mol. The SMILES string of the molecule is CSc1ccc(CNc2cc(S(=O)(=O)N3CCCCC3)ccc2N(C)C)cc1. The number of hydrogen-bond acceptors (Lipinski definition) is 5. The van der Waals surface area contributed by atoms with Gasteiger partial charge in [0.1, 0.15) is 0 Å². The van der Waals surface area contributed by atoms with Gasteiger partial charge in [-0.15, -0.1) is 11.8 Å². The summed E-state index contributed by atoms with van der Waals surface area (Å²) < 4.78 is 27.7. The fourth-order valence-corrected chi connectivity index (χ4v) is 5.35. The lowest BCUT2D eigenvalue weighted by Gasteiger charge is -2.27.